The van der Waals surface area contributed by atoms with Gasteiger partial charge in [0, 0.05) is 19.5 Å². The maximum atomic E-state index is 12.7. The molecule has 1 aromatic carbocycles. The van der Waals surface area contributed by atoms with Crippen LogP contribution < -0.4 is 5.56 Å². The predicted octanol–water partition coefficient (Wildman–Crippen LogP) is 2.10. The molecule has 0 spiro atoms. The number of fused-ring (bicyclic) bond motifs is 2. The summed E-state index contributed by atoms with van der Waals surface area (Å²) < 4.78 is 8.68. The van der Waals surface area contributed by atoms with Gasteiger partial charge in [0.15, 0.2) is 5.65 Å². The molecular weight excluding hydrogens is 346 g/mol. The molecule has 1 atom stereocenters. The molecule has 8 nitrogen and oxygen atoms in total. The Balaban J connectivity index is 1.57. The average molecular weight is 365 g/mol. The fourth-order valence-electron chi connectivity index (χ4n) is 3.05. The van der Waals surface area contributed by atoms with Gasteiger partial charge in [-0.25, -0.2) is 4.98 Å². The number of furan rings is 1. The summed E-state index contributed by atoms with van der Waals surface area (Å²) >= 11 is 0. The van der Waals surface area contributed by atoms with Crippen LogP contribution in [0.3, 0.4) is 0 Å². The number of rotatable bonds is 4. The van der Waals surface area contributed by atoms with Crippen LogP contribution in [-0.2, 0) is 18.4 Å². The van der Waals surface area contributed by atoms with Gasteiger partial charge < -0.3 is 9.32 Å². The molecule has 1 amide bonds. The number of carbonyl (C=O) groups is 1. The maximum absolute atomic E-state index is 12.7. The minimum absolute atomic E-state index is 0.0995. The quantitative estimate of drug-likeness (QED) is 0.553. The number of aromatic nitrogens is 4. The Morgan fingerprint density at radius 1 is 1.33 bits per heavy atom. The first-order valence-corrected chi connectivity index (χ1v) is 8.57. The summed E-state index contributed by atoms with van der Waals surface area (Å²) in [6, 6.07) is 9.36. The summed E-state index contributed by atoms with van der Waals surface area (Å²) in [5.41, 5.74) is 0.988. The number of aryl methyl sites for hydroxylation is 1. The molecular formula is C19H19N5O3. The molecule has 138 valence electrons. The second-order valence-corrected chi connectivity index (χ2v) is 6.55. The van der Waals surface area contributed by atoms with Gasteiger partial charge in [0.05, 0.1) is 12.2 Å². The predicted molar refractivity (Wildman–Crippen MR) is 100 cm³/mol. The van der Waals surface area contributed by atoms with Crippen LogP contribution in [0.2, 0.25) is 0 Å². The number of amides is 1. The van der Waals surface area contributed by atoms with Crippen molar-refractivity contribution in [1.29, 1.82) is 0 Å². The molecule has 3 aromatic heterocycles. The van der Waals surface area contributed by atoms with E-state index in [4.69, 9.17) is 4.42 Å². The number of carbonyl (C=O) groups excluding carboxylic acids is 1. The van der Waals surface area contributed by atoms with Crippen molar-refractivity contribution in [3.63, 3.8) is 0 Å². The highest BCUT2D eigenvalue weighted by atomic mass is 16.3. The van der Waals surface area contributed by atoms with Crippen molar-refractivity contribution in [3.05, 3.63) is 59.0 Å². The SMILES string of the molecule is CC(c1cc2ccccc2o1)N(C)C(=O)Cn1cnc2c(cnn2C)c1=O. The number of para-hydroxylation sites is 1. The van der Waals surface area contributed by atoms with Gasteiger partial charge in [-0.2, -0.15) is 5.10 Å². The van der Waals surface area contributed by atoms with Crippen LogP contribution in [0.5, 0.6) is 0 Å². The molecule has 0 saturated carbocycles. The molecule has 0 fully saturated rings. The molecule has 8 heteroatoms. The Labute approximate surface area is 154 Å². The van der Waals surface area contributed by atoms with Crippen molar-refractivity contribution >= 4 is 27.9 Å². The summed E-state index contributed by atoms with van der Waals surface area (Å²) in [7, 11) is 3.41. The lowest BCUT2D eigenvalue weighted by atomic mass is 10.2. The second kappa shape index (κ2) is 6.39. The van der Waals surface area contributed by atoms with E-state index in [9.17, 15) is 9.59 Å². The van der Waals surface area contributed by atoms with E-state index in [1.807, 2.05) is 37.3 Å². The zero-order chi connectivity index (χ0) is 19.1. The molecule has 4 rings (SSSR count). The largest absolute Gasteiger partial charge is 0.459 e. The van der Waals surface area contributed by atoms with E-state index in [0.29, 0.717) is 16.8 Å². The van der Waals surface area contributed by atoms with Crippen LogP contribution in [-0.4, -0.2) is 37.2 Å². The maximum Gasteiger partial charge on any atom is 0.264 e. The van der Waals surface area contributed by atoms with E-state index in [1.165, 1.54) is 21.8 Å². The van der Waals surface area contributed by atoms with Crippen LogP contribution >= 0.6 is 0 Å². The number of nitrogens with zero attached hydrogens (tertiary/aromatic N) is 5. The summed E-state index contributed by atoms with van der Waals surface area (Å²) in [6.45, 7) is 1.79. The van der Waals surface area contributed by atoms with E-state index in [2.05, 4.69) is 10.1 Å². The summed E-state index contributed by atoms with van der Waals surface area (Å²) in [5, 5.41) is 5.41. The molecule has 0 aliphatic heterocycles. The lowest BCUT2D eigenvalue weighted by molar-refractivity contribution is -0.132. The van der Waals surface area contributed by atoms with Crippen LogP contribution in [0.4, 0.5) is 0 Å². The van der Waals surface area contributed by atoms with Gasteiger partial charge in [-0.3, -0.25) is 18.8 Å². The van der Waals surface area contributed by atoms with Gasteiger partial charge in [0.25, 0.3) is 5.56 Å². The van der Waals surface area contributed by atoms with Crippen molar-refractivity contribution in [2.45, 2.75) is 19.5 Å². The molecule has 0 bridgehead atoms. The number of hydrogen-bond acceptors (Lipinski definition) is 5. The van der Waals surface area contributed by atoms with E-state index < -0.39 is 0 Å². The third kappa shape index (κ3) is 2.88. The molecule has 0 saturated heterocycles. The molecule has 0 radical (unpaired) electrons. The smallest absolute Gasteiger partial charge is 0.264 e. The topological polar surface area (TPSA) is 86.2 Å². The van der Waals surface area contributed by atoms with Gasteiger partial charge in [-0.05, 0) is 19.1 Å². The van der Waals surface area contributed by atoms with Crippen molar-refractivity contribution in [2.24, 2.45) is 7.05 Å². The number of hydrogen-bond donors (Lipinski definition) is 0. The minimum Gasteiger partial charge on any atom is -0.459 e. The highest BCUT2D eigenvalue weighted by Gasteiger charge is 2.22. The lowest BCUT2D eigenvalue weighted by Crippen LogP contribution is -2.35. The van der Waals surface area contributed by atoms with Gasteiger partial charge in [-0.1, -0.05) is 18.2 Å². The van der Waals surface area contributed by atoms with Crippen LogP contribution in [0.1, 0.15) is 18.7 Å². The molecule has 0 aliphatic carbocycles. The summed E-state index contributed by atoms with van der Waals surface area (Å²) in [4.78, 5) is 31.0. The lowest BCUT2D eigenvalue weighted by Gasteiger charge is -2.23. The summed E-state index contributed by atoms with van der Waals surface area (Å²) in [6.07, 6.45) is 2.84. The molecule has 3 heterocycles. The molecule has 27 heavy (non-hydrogen) atoms. The van der Waals surface area contributed by atoms with E-state index in [0.717, 1.165) is 11.0 Å². The van der Waals surface area contributed by atoms with Crippen LogP contribution in [0.15, 0.2) is 52.1 Å². The van der Waals surface area contributed by atoms with Gasteiger partial charge in [-0.15, -0.1) is 0 Å². The van der Waals surface area contributed by atoms with E-state index >= 15 is 0 Å². The van der Waals surface area contributed by atoms with E-state index in [-0.39, 0.29) is 24.1 Å². The zero-order valence-corrected chi connectivity index (χ0v) is 15.3. The van der Waals surface area contributed by atoms with Gasteiger partial charge >= 0.3 is 0 Å². The van der Waals surface area contributed by atoms with Crippen LogP contribution in [0.25, 0.3) is 22.0 Å². The molecule has 0 aliphatic rings. The van der Waals surface area contributed by atoms with Crippen molar-refractivity contribution in [3.8, 4) is 0 Å². The Morgan fingerprint density at radius 2 is 2.11 bits per heavy atom. The summed E-state index contributed by atoms with van der Waals surface area (Å²) in [5.74, 6) is 0.482. The van der Waals surface area contributed by atoms with Gasteiger partial charge in [0.1, 0.15) is 29.6 Å². The molecule has 0 N–H and O–H groups in total. The first-order valence-electron chi connectivity index (χ1n) is 8.57. The Kier molecular flexibility index (Phi) is 4.02. The Morgan fingerprint density at radius 3 is 2.89 bits per heavy atom. The normalized spacial score (nSPS) is 12.6. The fraction of sp³-hybridized carbons (Fsp3) is 0.263. The Bertz CT molecular complexity index is 1170. The highest BCUT2D eigenvalue weighted by Crippen LogP contribution is 2.26. The third-order valence-electron chi connectivity index (χ3n) is 4.85. The standard InChI is InChI=1S/C19H19N5O3/c1-12(16-8-13-6-4-5-7-15(13)27-16)22(2)17(25)10-24-11-20-18-14(19(24)26)9-21-23(18)3/h4-9,11-12H,10H2,1-3H3. The molecule has 4 aromatic rings. The van der Waals surface area contributed by atoms with Crippen molar-refractivity contribution in [2.75, 3.05) is 7.05 Å². The first kappa shape index (κ1) is 17.0. The van der Waals surface area contributed by atoms with Crippen LogP contribution in [0, 0.1) is 0 Å². The van der Waals surface area contributed by atoms with E-state index in [1.54, 1.807) is 19.0 Å². The first-order chi connectivity index (χ1) is 13.0. The van der Waals surface area contributed by atoms with Crippen molar-refractivity contribution < 1.29 is 9.21 Å². The zero-order valence-electron chi connectivity index (χ0n) is 15.3. The third-order valence-corrected chi connectivity index (χ3v) is 4.85. The Hall–Kier alpha value is -3.42. The fourth-order valence-corrected chi connectivity index (χ4v) is 3.05. The van der Waals surface area contributed by atoms with Gasteiger partial charge in [0.2, 0.25) is 5.91 Å². The molecule has 1 unspecified atom stereocenters. The average Bonchev–Trinajstić information content (AvgIpc) is 3.26. The highest BCUT2D eigenvalue weighted by molar-refractivity contribution is 5.79. The number of benzene rings is 1. The number of likely N-dealkylation sites (N-methyl/N-ethyl adjacent to an activating group) is 1. The monoisotopic (exact) mass is 365 g/mol. The minimum atomic E-state index is -0.286. The second-order valence-electron chi connectivity index (χ2n) is 6.55. The van der Waals surface area contributed by atoms with Crippen molar-refractivity contribution in [1.82, 2.24) is 24.2 Å².